The van der Waals surface area contributed by atoms with Crippen molar-refractivity contribution in [1.29, 1.82) is 0 Å². The summed E-state index contributed by atoms with van der Waals surface area (Å²) in [5, 5.41) is 3.38. The maximum atomic E-state index is 13.4. The summed E-state index contributed by atoms with van der Waals surface area (Å²) in [7, 11) is 0. The number of anilines is 1. The van der Waals surface area contributed by atoms with E-state index in [0.717, 1.165) is 42.6 Å². The largest absolute Gasteiger partial charge is 0.383 e. The van der Waals surface area contributed by atoms with Gasteiger partial charge >= 0.3 is 0 Å². The van der Waals surface area contributed by atoms with Gasteiger partial charge in [0.15, 0.2) is 0 Å². The molecule has 2 aliphatic heterocycles. The van der Waals surface area contributed by atoms with E-state index in [0.29, 0.717) is 22.9 Å². The molecule has 3 aliphatic rings. The fraction of sp³-hybridized carbons (Fsp3) is 0.407. The number of ether oxygens (including phenoxy) is 1. The Hall–Kier alpha value is -2.83. The second-order valence-electron chi connectivity index (χ2n) is 9.46. The van der Waals surface area contributed by atoms with Crippen LogP contribution in [-0.2, 0) is 4.74 Å². The summed E-state index contributed by atoms with van der Waals surface area (Å²) in [6.45, 7) is 4.26. The molecule has 0 radical (unpaired) electrons. The number of nitrogens with zero attached hydrogens (tertiary/aromatic N) is 2. The maximum absolute atomic E-state index is 13.4. The van der Waals surface area contributed by atoms with Crippen LogP contribution >= 0.6 is 0 Å². The van der Waals surface area contributed by atoms with Gasteiger partial charge in [-0.2, -0.15) is 4.39 Å². The molecule has 4 heterocycles. The summed E-state index contributed by atoms with van der Waals surface area (Å²) in [5.74, 6) is 0.406. The molecule has 172 valence electrons. The average Bonchev–Trinajstić information content (AvgIpc) is 3.46. The van der Waals surface area contributed by atoms with Gasteiger partial charge in [-0.1, -0.05) is 24.3 Å². The van der Waals surface area contributed by atoms with E-state index in [1.54, 1.807) is 12.3 Å². The lowest BCUT2D eigenvalue weighted by atomic mass is 9.90. The highest BCUT2D eigenvalue weighted by Gasteiger charge is 2.44. The van der Waals surface area contributed by atoms with Crippen LogP contribution in [0.3, 0.4) is 0 Å². The number of halogens is 1. The lowest BCUT2D eigenvalue weighted by molar-refractivity contribution is 0.0853. The summed E-state index contributed by atoms with van der Waals surface area (Å²) in [6, 6.07) is 13.6. The minimum Gasteiger partial charge on any atom is -0.383 e. The van der Waals surface area contributed by atoms with Gasteiger partial charge in [0.05, 0.1) is 0 Å². The van der Waals surface area contributed by atoms with Crippen LogP contribution in [0.1, 0.15) is 43.6 Å². The molecule has 33 heavy (non-hydrogen) atoms. The van der Waals surface area contributed by atoms with Gasteiger partial charge in [-0.05, 0) is 78.8 Å². The van der Waals surface area contributed by atoms with E-state index in [4.69, 9.17) is 10.5 Å². The summed E-state index contributed by atoms with van der Waals surface area (Å²) in [5.41, 5.74) is 11.6. The van der Waals surface area contributed by atoms with Crippen LogP contribution in [0.25, 0.3) is 22.3 Å². The quantitative estimate of drug-likeness (QED) is 0.542. The predicted octanol–water partition coefficient (Wildman–Crippen LogP) is 5.19. The van der Waals surface area contributed by atoms with Crippen molar-refractivity contribution >= 4 is 5.82 Å². The van der Waals surface area contributed by atoms with E-state index in [2.05, 4.69) is 39.6 Å². The Morgan fingerprint density at radius 1 is 0.939 bits per heavy atom. The van der Waals surface area contributed by atoms with Crippen LogP contribution in [0.2, 0.25) is 0 Å². The molecule has 0 bridgehead atoms. The van der Waals surface area contributed by atoms with Crippen LogP contribution in [0.5, 0.6) is 0 Å². The van der Waals surface area contributed by atoms with Crippen LogP contribution in [0, 0.1) is 11.4 Å². The maximum Gasteiger partial charge on any atom is 0.213 e. The van der Waals surface area contributed by atoms with E-state index in [-0.39, 0.29) is 0 Å². The third-order valence-corrected chi connectivity index (χ3v) is 7.18. The molecule has 1 aromatic carbocycles. The Kier molecular flexibility index (Phi) is 6.38. The Bertz CT molecular complexity index is 1080. The molecular formula is C27H31FN4O. The number of pyridine rings is 2. The number of aromatic nitrogens is 2. The Morgan fingerprint density at radius 2 is 1.73 bits per heavy atom. The normalized spacial score (nSPS) is 19.2. The van der Waals surface area contributed by atoms with Crippen molar-refractivity contribution in [2.75, 3.05) is 32.0 Å². The van der Waals surface area contributed by atoms with Crippen molar-refractivity contribution in [2.45, 2.75) is 38.0 Å². The molecule has 1 aliphatic carbocycles. The molecule has 6 rings (SSSR count). The van der Waals surface area contributed by atoms with Gasteiger partial charge in [-0.25, -0.2) is 9.97 Å². The van der Waals surface area contributed by atoms with Crippen LogP contribution < -0.4 is 11.1 Å². The minimum absolute atomic E-state index is 0.373. The highest BCUT2D eigenvalue weighted by atomic mass is 19.1. The predicted molar refractivity (Wildman–Crippen MR) is 129 cm³/mol. The molecule has 1 saturated carbocycles. The molecule has 3 aromatic rings. The topological polar surface area (TPSA) is 73.1 Å². The molecule has 0 unspecified atom stereocenters. The summed E-state index contributed by atoms with van der Waals surface area (Å²) in [6.07, 6.45) is 9.77. The number of nitrogens with one attached hydrogen (secondary N) is 1. The molecule has 5 nitrogen and oxygen atoms in total. The van der Waals surface area contributed by atoms with Crippen molar-refractivity contribution in [3.8, 4) is 22.3 Å². The summed E-state index contributed by atoms with van der Waals surface area (Å²) < 4.78 is 18.9. The summed E-state index contributed by atoms with van der Waals surface area (Å²) >= 11 is 0. The monoisotopic (exact) mass is 446 g/mol. The number of benzene rings is 1. The van der Waals surface area contributed by atoms with Gasteiger partial charge in [0, 0.05) is 49.3 Å². The second kappa shape index (κ2) is 9.57. The van der Waals surface area contributed by atoms with E-state index >= 15 is 0 Å². The zero-order valence-electron chi connectivity index (χ0n) is 18.9. The molecule has 6 heteroatoms. The van der Waals surface area contributed by atoms with Gasteiger partial charge in [0.1, 0.15) is 5.82 Å². The first-order valence-corrected chi connectivity index (χ1v) is 11.9. The van der Waals surface area contributed by atoms with Gasteiger partial charge in [-0.3, -0.25) is 0 Å². The average molecular weight is 447 g/mol. The number of nitrogens with two attached hydrogens (primary N) is 1. The lowest BCUT2D eigenvalue weighted by Gasteiger charge is -2.22. The van der Waals surface area contributed by atoms with E-state index in [1.807, 2.05) is 6.07 Å². The van der Waals surface area contributed by atoms with Crippen LogP contribution in [0.15, 0.2) is 54.9 Å². The Balaban J connectivity index is 0.000000274. The number of hydrogen-bond acceptors (Lipinski definition) is 5. The lowest BCUT2D eigenvalue weighted by Crippen LogP contribution is -2.13. The van der Waals surface area contributed by atoms with Gasteiger partial charge in [0.25, 0.3) is 0 Å². The Morgan fingerprint density at radius 3 is 2.36 bits per heavy atom. The van der Waals surface area contributed by atoms with Crippen molar-refractivity contribution in [3.63, 3.8) is 0 Å². The van der Waals surface area contributed by atoms with Gasteiger partial charge in [0.2, 0.25) is 5.95 Å². The highest BCUT2D eigenvalue weighted by molar-refractivity contribution is 5.79. The Labute approximate surface area is 194 Å². The fourth-order valence-corrected chi connectivity index (χ4v) is 4.81. The second-order valence-corrected chi connectivity index (χ2v) is 9.46. The van der Waals surface area contributed by atoms with Crippen LogP contribution in [0.4, 0.5) is 10.2 Å². The molecule has 0 atom stereocenters. The number of hydrogen-bond donors (Lipinski definition) is 2. The SMILES string of the molecule is C1CC2(CC2)CN1.Nc1ncc(-c2ccc(C3CCOCC3)cc2)cc1-c1ccnc(F)c1. The molecule has 0 amide bonds. The van der Waals surface area contributed by atoms with E-state index < -0.39 is 5.95 Å². The minimum atomic E-state index is -0.534. The molecule has 2 aromatic heterocycles. The van der Waals surface area contributed by atoms with Crippen molar-refractivity contribution < 1.29 is 9.13 Å². The first kappa shape index (κ1) is 22.0. The van der Waals surface area contributed by atoms with Crippen LogP contribution in [-0.4, -0.2) is 36.3 Å². The van der Waals surface area contributed by atoms with Crippen molar-refractivity contribution in [2.24, 2.45) is 5.41 Å². The highest BCUT2D eigenvalue weighted by Crippen LogP contribution is 2.49. The third kappa shape index (κ3) is 5.23. The number of nitrogen functional groups attached to an aromatic ring is 1. The molecule has 3 N–H and O–H groups in total. The molecule has 2 saturated heterocycles. The molecular weight excluding hydrogens is 415 g/mol. The zero-order chi connectivity index (χ0) is 22.7. The van der Waals surface area contributed by atoms with Gasteiger partial charge < -0.3 is 15.8 Å². The van der Waals surface area contributed by atoms with Crippen molar-refractivity contribution in [1.82, 2.24) is 15.3 Å². The van der Waals surface area contributed by atoms with Crippen molar-refractivity contribution in [3.05, 3.63) is 66.4 Å². The first-order chi connectivity index (χ1) is 16.1. The first-order valence-electron chi connectivity index (χ1n) is 11.9. The molecule has 1 spiro atoms. The van der Waals surface area contributed by atoms with Gasteiger partial charge in [-0.15, -0.1) is 0 Å². The van der Waals surface area contributed by atoms with E-state index in [9.17, 15) is 4.39 Å². The summed E-state index contributed by atoms with van der Waals surface area (Å²) in [4.78, 5) is 7.89. The fourth-order valence-electron chi connectivity index (χ4n) is 4.81. The smallest absolute Gasteiger partial charge is 0.213 e. The number of rotatable bonds is 3. The molecule has 3 fully saturated rings. The standard InChI is InChI=1S/C21H20FN3O.C6H11N/c22-20-12-17(5-8-24-20)19-11-18(13-25-21(19)23)15-3-1-14(2-4-15)16-6-9-26-10-7-16;1-2-6(1)3-4-7-5-6/h1-5,8,11-13,16H,6-7,9-10H2,(H2,23,25);7H,1-5H2. The third-order valence-electron chi connectivity index (χ3n) is 7.18. The zero-order valence-corrected chi connectivity index (χ0v) is 18.9. The van der Waals surface area contributed by atoms with E-state index in [1.165, 1.54) is 50.2 Å².